The van der Waals surface area contributed by atoms with Crippen molar-refractivity contribution in [2.75, 3.05) is 0 Å². The number of hydrogen-bond acceptors (Lipinski definition) is 2. The van der Waals surface area contributed by atoms with Gasteiger partial charge in [-0.05, 0) is 30.0 Å². The van der Waals surface area contributed by atoms with Crippen LogP contribution in [-0.4, -0.2) is 11.8 Å². The van der Waals surface area contributed by atoms with Crippen molar-refractivity contribution < 1.29 is 14.0 Å². The number of amides is 2. The zero-order valence-corrected chi connectivity index (χ0v) is 11.2. The molecule has 4 nitrogen and oxygen atoms in total. The molecule has 0 heterocycles. The van der Waals surface area contributed by atoms with Crippen LogP contribution in [0.3, 0.4) is 0 Å². The molecule has 1 aromatic rings. The molecule has 0 aliphatic rings. The average Bonchev–Trinajstić information content (AvgIpc) is 2.33. The Morgan fingerprint density at radius 1 is 1.21 bits per heavy atom. The standard InChI is InChI=1S/C14H19FN2O2/c1-10(2)8-14(19)17-16-13(18)7-6-11-4-3-5-12(15)9-11/h3-5,9-10H,6-8H2,1-2H3,(H,16,18)(H,17,19). The van der Waals surface area contributed by atoms with E-state index in [4.69, 9.17) is 0 Å². The zero-order valence-electron chi connectivity index (χ0n) is 11.2. The summed E-state index contributed by atoms with van der Waals surface area (Å²) in [7, 11) is 0. The molecule has 19 heavy (non-hydrogen) atoms. The van der Waals surface area contributed by atoms with Crippen molar-refractivity contribution in [3.05, 3.63) is 35.6 Å². The molecule has 0 aliphatic heterocycles. The highest BCUT2D eigenvalue weighted by atomic mass is 19.1. The topological polar surface area (TPSA) is 58.2 Å². The van der Waals surface area contributed by atoms with Gasteiger partial charge in [0, 0.05) is 12.8 Å². The van der Waals surface area contributed by atoms with E-state index < -0.39 is 0 Å². The summed E-state index contributed by atoms with van der Waals surface area (Å²) < 4.78 is 12.9. The van der Waals surface area contributed by atoms with Gasteiger partial charge in [-0.15, -0.1) is 0 Å². The lowest BCUT2D eigenvalue weighted by molar-refractivity contribution is -0.129. The summed E-state index contributed by atoms with van der Waals surface area (Å²) in [6.07, 6.45) is 0.999. The second-order valence-corrected chi connectivity index (χ2v) is 4.82. The van der Waals surface area contributed by atoms with Crippen LogP contribution in [0.15, 0.2) is 24.3 Å². The van der Waals surface area contributed by atoms with E-state index in [1.807, 2.05) is 13.8 Å². The smallest absolute Gasteiger partial charge is 0.238 e. The Kier molecular flexibility index (Phi) is 5.99. The summed E-state index contributed by atoms with van der Waals surface area (Å²) in [5.41, 5.74) is 5.44. The maximum atomic E-state index is 12.9. The molecule has 0 spiro atoms. The first-order chi connectivity index (χ1) is 8.97. The summed E-state index contributed by atoms with van der Waals surface area (Å²) in [5, 5.41) is 0. The van der Waals surface area contributed by atoms with E-state index in [9.17, 15) is 14.0 Å². The molecule has 2 N–H and O–H groups in total. The molecule has 0 unspecified atom stereocenters. The molecule has 0 bridgehead atoms. The number of aryl methyl sites for hydroxylation is 1. The summed E-state index contributed by atoms with van der Waals surface area (Å²) in [6, 6.07) is 6.11. The Balaban J connectivity index is 2.26. The molecule has 1 aromatic carbocycles. The highest BCUT2D eigenvalue weighted by Gasteiger charge is 2.07. The lowest BCUT2D eigenvalue weighted by atomic mass is 10.1. The van der Waals surface area contributed by atoms with Gasteiger partial charge in [0.15, 0.2) is 0 Å². The average molecular weight is 266 g/mol. The minimum Gasteiger partial charge on any atom is -0.273 e. The van der Waals surface area contributed by atoms with Gasteiger partial charge in [0.2, 0.25) is 11.8 Å². The Morgan fingerprint density at radius 2 is 1.89 bits per heavy atom. The normalized spacial score (nSPS) is 10.3. The second-order valence-electron chi connectivity index (χ2n) is 4.82. The van der Waals surface area contributed by atoms with Crippen molar-refractivity contribution in [3.63, 3.8) is 0 Å². The van der Waals surface area contributed by atoms with Crippen molar-refractivity contribution >= 4 is 11.8 Å². The van der Waals surface area contributed by atoms with Gasteiger partial charge in [0.1, 0.15) is 5.82 Å². The van der Waals surface area contributed by atoms with E-state index in [1.54, 1.807) is 12.1 Å². The van der Waals surface area contributed by atoms with Gasteiger partial charge in [-0.25, -0.2) is 4.39 Å². The Hall–Kier alpha value is -1.91. The maximum absolute atomic E-state index is 12.9. The lowest BCUT2D eigenvalue weighted by Gasteiger charge is -2.08. The largest absolute Gasteiger partial charge is 0.273 e. The van der Waals surface area contributed by atoms with Crippen LogP contribution in [0.5, 0.6) is 0 Å². The lowest BCUT2D eigenvalue weighted by Crippen LogP contribution is -2.42. The van der Waals surface area contributed by atoms with Crippen LogP contribution in [0.2, 0.25) is 0 Å². The molecule has 2 amide bonds. The van der Waals surface area contributed by atoms with Crippen LogP contribution in [0.25, 0.3) is 0 Å². The molecule has 0 aliphatic carbocycles. The third-order valence-electron chi connectivity index (χ3n) is 2.46. The molecule has 0 saturated carbocycles. The summed E-state index contributed by atoms with van der Waals surface area (Å²) in [6.45, 7) is 3.84. The molecule has 104 valence electrons. The van der Waals surface area contributed by atoms with Gasteiger partial charge >= 0.3 is 0 Å². The predicted molar refractivity (Wildman–Crippen MR) is 70.5 cm³/mol. The number of nitrogens with one attached hydrogen (secondary N) is 2. The van der Waals surface area contributed by atoms with Crippen LogP contribution in [0.4, 0.5) is 4.39 Å². The van der Waals surface area contributed by atoms with Gasteiger partial charge in [-0.3, -0.25) is 20.4 Å². The minimum atomic E-state index is -0.317. The molecule has 1 rings (SSSR count). The molecule has 0 fully saturated rings. The first kappa shape index (κ1) is 15.1. The van der Waals surface area contributed by atoms with Crippen LogP contribution >= 0.6 is 0 Å². The van der Waals surface area contributed by atoms with Gasteiger partial charge in [0.25, 0.3) is 0 Å². The number of halogens is 1. The molecule has 5 heteroatoms. The minimum absolute atomic E-state index is 0.200. The number of hydrogen-bond donors (Lipinski definition) is 2. The first-order valence-electron chi connectivity index (χ1n) is 6.29. The number of rotatable bonds is 5. The molecular weight excluding hydrogens is 247 g/mol. The third-order valence-corrected chi connectivity index (χ3v) is 2.46. The molecule has 0 atom stereocenters. The fourth-order valence-corrected chi connectivity index (χ4v) is 1.57. The monoisotopic (exact) mass is 266 g/mol. The maximum Gasteiger partial charge on any atom is 0.238 e. The fourth-order valence-electron chi connectivity index (χ4n) is 1.57. The summed E-state index contributed by atoms with van der Waals surface area (Å²) in [5.74, 6) is -0.581. The van der Waals surface area contributed by atoms with Crippen LogP contribution in [-0.2, 0) is 16.0 Å². The van der Waals surface area contributed by atoms with E-state index in [1.165, 1.54) is 12.1 Å². The van der Waals surface area contributed by atoms with Crippen molar-refractivity contribution in [3.8, 4) is 0 Å². The van der Waals surface area contributed by atoms with Crippen molar-refractivity contribution in [2.24, 2.45) is 5.92 Å². The van der Waals surface area contributed by atoms with Crippen LogP contribution in [0, 0.1) is 11.7 Å². The van der Waals surface area contributed by atoms with Crippen LogP contribution < -0.4 is 10.9 Å². The number of hydrazine groups is 1. The van der Waals surface area contributed by atoms with Gasteiger partial charge < -0.3 is 0 Å². The molecule has 0 aromatic heterocycles. The molecule has 0 saturated heterocycles. The van der Waals surface area contributed by atoms with Crippen LogP contribution in [0.1, 0.15) is 32.3 Å². The van der Waals surface area contributed by atoms with E-state index >= 15 is 0 Å². The SMILES string of the molecule is CC(C)CC(=O)NNC(=O)CCc1cccc(F)c1. The number of carbonyl (C=O) groups is 2. The highest BCUT2D eigenvalue weighted by molar-refractivity contribution is 5.82. The summed E-state index contributed by atoms with van der Waals surface area (Å²) in [4.78, 5) is 22.8. The van der Waals surface area contributed by atoms with Crippen molar-refractivity contribution in [2.45, 2.75) is 33.1 Å². The third kappa shape index (κ3) is 6.55. The Morgan fingerprint density at radius 3 is 2.53 bits per heavy atom. The Bertz CT molecular complexity index is 447. The summed E-state index contributed by atoms with van der Waals surface area (Å²) >= 11 is 0. The second kappa shape index (κ2) is 7.51. The van der Waals surface area contributed by atoms with E-state index in [2.05, 4.69) is 10.9 Å². The van der Waals surface area contributed by atoms with E-state index in [0.717, 1.165) is 5.56 Å². The highest BCUT2D eigenvalue weighted by Crippen LogP contribution is 2.05. The number of carbonyl (C=O) groups excluding carboxylic acids is 2. The molecule has 0 radical (unpaired) electrons. The zero-order chi connectivity index (χ0) is 14.3. The van der Waals surface area contributed by atoms with E-state index in [0.29, 0.717) is 12.8 Å². The van der Waals surface area contributed by atoms with Gasteiger partial charge in [0.05, 0.1) is 0 Å². The van der Waals surface area contributed by atoms with Crippen molar-refractivity contribution in [1.82, 2.24) is 10.9 Å². The first-order valence-corrected chi connectivity index (χ1v) is 6.29. The fraction of sp³-hybridized carbons (Fsp3) is 0.429. The molecular formula is C14H19FN2O2. The predicted octanol–water partition coefficient (Wildman–Crippen LogP) is 1.95. The quantitative estimate of drug-likeness (QED) is 0.800. The number of benzene rings is 1. The Labute approximate surface area is 112 Å². The van der Waals surface area contributed by atoms with Gasteiger partial charge in [-0.1, -0.05) is 26.0 Å². The van der Waals surface area contributed by atoms with E-state index in [-0.39, 0.29) is 30.0 Å². The van der Waals surface area contributed by atoms with Gasteiger partial charge in [-0.2, -0.15) is 0 Å². The van der Waals surface area contributed by atoms with Crippen molar-refractivity contribution in [1.29, 1.82) is 0 Å².